The van der Waals surface area contributed by atoms with E-state index in [-0.39, 0.29) is 30.0 Å². The Balaban J connectivity index is 2.18. The zero-order chi connectivity index (χ0) is 22.2. The second kappa shape index (κ2) is 8.05. The molecular weight excluding hydrogens is 392 g/mol. The molecule has 1 aromatic carbocycles. The van der Waals surface area contributed by atoms with Crippen molar-refractivity contribution in [1.29, 1.82) is 0 Å². The number of hydrazone groups is 1. The number of hydrogen-bond acceptors (Lipinski definition) is 7. The van der Waals surface area contributed by atoms with Crippen molar-refractivity contribution >= 4 is 11.6 Å². The Hall–Kier alpha value is -3.56. The summed E-state index contributed by atoms with van der Waals surface area (Å²) in [5.41, 5.74) is -0.597. The Morgan fingerprint density at radius 1 is 1.20 bits per heavy atom. The molecule has 2 aromatic rings. The van der Waals surface area contributed by atoms with Gasteiger partial charge in [-0.05, 0) is 18.2 Å². The van der Waals surface area contributed by atoms with Gasteiger partial charge in [0.15, 0.2) is 0 Å². The minimum atomic E-state index is -0.684. The van der Waals surface area contributed by atoms with E-state index in [2.05, 4.69) is 5.10 Å². The van der Waals surface area contributed by atoms with Gasteiger partial charge >= 0.3 is 5.69 Å². The van der Waals surface area contributed by atoms with Gasteiger partial charge in [-0.3, -0.25) is 18.7 Å². The quantitative estimate of drug-likeness (QED) is 0.774. The number of carbonyl (C=O) groups excluding carboxylic acids is 1. The number of methoxy groups -OCH3 is 2. The van der Waals surface area contributed by atoms with Crippen molar-refractivity contribution in [2.75, 3.05) is 14.2 Å². The van der Waals surface area contributed by atoms with Crippen LogP contribution in [0.3, 0.4) is 0 Å². The second-order valence-electron chi connectivity index (χ2n) is 6.87. The number of ether oxygens (including phenoxy) is 2. The van der Waals surface area contributed by atoms with Gasteiger partial charge in [0.1, 0.15) is 17.1 Å². The molecule has 2 heterocycles. The number of hydrogen-bond donors (Lipinski definition) is 1. The molecule has 1 aromatic heterocycles. The number of rotatable bonds is 5. The predicted octanol–water partition coefficient (Wildman–Crippen LogP) is 0.894. The molecule has 1 aliphatic heterocycles. The predicted molar refractivity (Wildman–Crippen MR) is 109 cm³/mol. The Kier molecular flexibility index (Phi) is 5.68. The summed E-state index contributed by atoms with van der Waals surface area (Å²) in [4.78, 5) is 37.4. The average Bonchev–Trinajstić information content (AvgIpc) is 3.20. The lowest BCUT2D eigenvalue weighted by atomic mass is 9.98. The van der Waals surface area contributed by atoms with Crippen molar-refractivity contribution in [2.45, 2.75) is 25.8 Å². The third-order valence-corrected chi connectivity index (χ3v) is 5.19. The monoisotopic (exact) mass is 416 g/mol. The smallest absolute Gasteiger partial charge is 0.333 e. The SMILES string of the molecule is CCC(=O)N1N=C(c2c(O)n(C)c(=O)n(C)c2=O)C[C@H]1c1cc(OC)ccc1OC. The average molecular weight is 416 g/mol. The third kappa shape index (κ3) is 3.34. The maximum atomic E-state index is 12.7. The van der Waals surface area contributed by atoms with Crippen molar-refractivity contribution in [3.8, 4) is 17.4 Å². The first kappa shape index (κ1) is 21.2. The molecule has 30 heavy (non-hydrogen) atoms. The molecule has 0 unspecified atom stereocenters. The lowest BCUT2D eigenvalue weighted by Gasteiger charge is -2.23. The first-order valence-corrected chi connectivity index (χ1v) is 9.35. The maximum Gasteiger partial charge on any atom is 0.333 e. The third-order valence-electron chi connectivity index (χ3n) is 5.19. The Morgan fingerprint density at radius 2 is 1.90 bits per heavy atom. The van der Waals surface area contributed by atoms with Crippen LogP contribution in [-0.4, -0.2) is 45.1 Å². The molecule has 0 radical (unpaired) electrons. The minimum absolute atomic E-state index is 0.113. The summed E-state index contributed by atoms with van der Waals surface area (Å²) in [5, 5.41) is 16.1. The number of amides is 1. The second-order valence-corrected chi connectivity index (χ2v) is 6.87. The van der Waals surface area contributed by atoms with E-state index in [0.29, 0.717) is 17.1 Å². The lowest BCUT2D eigenvalue weighted by Crippen LogP contribution is -2.39. The number of aromatic hydroxyl groups is 1. The van der Waals surface area contributed by atoms with Gasteiger partial charge < -0.3 is 14.6 Å². The Bertz CT molecular complexity index is 1150. The topological polar surface area (TPSA) is 115 Å². The molecule has 0 bridgehead atoms. The van der Waals surface area contributed by atoms with Gasteiger partial charge in [-0.25, -0.2) is 9.80 Å². The molecule has 0 aliphatic carbocycles. The molecule has 3 rings (SSSR count). The summed E-state index contributed by atoms with van der Waals surface area (Å²) in [7, 11) is 5.72. The van der Waals surface area contributed by atoms with Crippen LogP contribution >= 0.6 is 0 Å². The van der Waals surface area contributed by atoms with E-state index in [1.807, 2.05) is 0 Å². The molecular formula is C20H24N4O6. The van der Waals surface area contributed by atoms with Crippen LogP contribution in [0.25, 0.3) is 0 Å². The summed E-state index contributed by atoms with van der Waals surface area (Å²) in [6, 6.07) is 4.64. The number of carbonyl (C=O) groups is 1. The first-order chi connectivity index (χ1) is 14.2. The number of nitrogens with zero attached hydrogens (tertiary/aromatic N) is 4. The van der Waals surface area contributed by atoms with Gasteiger partial charge in [0, 0.05) is 32.5 Å². The van der Waals surface area contributed by atoms with E-state index in [9.17, 15) is 19.5 Å². The van der Waals surface area contributed by atoms with E-state index in [1.54, 1.807) is 25.1 Å². The van der Waals surface area contributed by atoms with Crippen molar-refractivity contribution < 1.29 is 19.4 Å². The van der Waals surface area contributed by atoms with Crippen molar-refractivity contribution in [1.82, 2.24) is 14.1 Å². The molecule has 0 fully saturated rings. The van der Waals surface area contributed by atoms with Gasteiger partial charge in [0.25, 0.3) is 5.56 Å². The maximum absolute atomic E-state index is 12.7. The largest absolute Gasteiger partial charge is 0.497 e. The molecule has 0 saturated carbocycles. The summed E-state index contributed by atoms with van der Waals surface area (Å²) in [6.45, 7) is 1.71. The normalized spacial score (nSPS) is 15.8. The Morgan fingerprint density at radius 3 is 2.50 bits per heavy atom. The Labute approximate surface area is 172 Å². The zero-order valence-electron chi connectivity index (χ0n) is 17.5. The van der Waals surface area contributed by atoms with Crippen LogP contribution < -0.4 is 20.7 Å². The van der Waals surface area contributed by atoms with Crippen LogP contribution in [0.4, 0.5) is 0 Å². The van der Waals surface area contributed by atoms with Crippen LogP contribution in [0.1, 0.15) is 36.9 Å². The molecule has 0 spiro atoms. The highest BCUT2D eigenvalue weighted by Gasteiger charge is 2.37. The molecule has 1 amide bonds. The fourth-order valence-electron chi connectivity index (χ4n) is 3.48. The zero-order valence-corrected chi connectivity index (χ0v) is 17.5. The van der Waals surface area contributed by atoms with Gasteiger partial charge in [-0.15, -0.1) is 0 Å². The number of aromatic nitrogens is 2. The van der Waals surface area contributed by atoms with E-state index < -0.39 is 23.2 Å². The lowest BCUT2D eigenvalue weighted by molar-refractivity contribution is -0.132. The van der Waals surface area contributed by atoms with Crippen LogP contribution in [-0.2, 0) is 18.9 Å². The van der Waals surface area contributed by atoms with Gasteiger partial charge in [-0.2, -0.15) is 5.10 Å². The molecule has 1 N–H and O–H groups in total. The number of benzene rings is 1. The van der Waals surface area contributed by atoms with Crippen LogP contribution in [0, 0.1) is 0 Å². The molecule has 0 saturated heterocycles. The fraction of sp³-hybridized carbons (Fsp3) is 0.400. The van der Waals surface area contributed by atoms with Crippen LogP contribution in [0.2, 0.25) is 0 Å². The summed E-state index contributed by atoms with van der Waals surface area (Å²) < 4.78 is 12.6. The summed E-state index contributed by atoms with van der Waals surface area (Å²) in [6.07, 6.45) is 0.340. The molecule has 10 nitrogen and oxygen atoms in total. The van der Waals surface area contributed by atoms with Crippen molar-refractivity contribution in [3.63, 3.8) is 0 Å². The minimum Gasteiger partial charge on any atom is -0.497 e. The highest BCUT2D eigenvalue weighted by atomic mass is 16.5. The summed E-state index contributed by atoms with van der Waals surface area (Å²) >= 11 is 0. The van der Waals surface area contributed by atoms with E-state index >= 15 is 0 Å². The standard InChI is InChI=1S/C20H24N4O6/c1-6-16(25)24-14(12-9-11(29-4)7-8-15(12)30-5)10-13(21-24)17-18(26)22(2)20(28)23(3)19(17)27/h7-9,14,26H,6,10H2,1-5H3/t14-/m0/s1. The van der Waals surface area contributed by atoms with Crippen molar-refractivity contribution in [3.05, 3.63) is 50.2 Å². The van der Waals surface area contributed by atoms with Crippen LogP contribution in [0.5, 0.6) is 17.4 Å². The first-order valence-electron chi connectivity index (χ1n) is 9.35. The van der Waals surface area contributed by atoms with E-state index in [4.69, 9.17) is 9.47 Å². The molecule has 1 atom stereocenters. The van der Waals surface area contributed by atoms with Gasteiger partial charge in [0.05, 0.1) is 26.0 Å². The molecule has 1 aliphatic rings. The molecule has 160 valence electrons. The van der Waals surface area contributed by atoms with Crippen molar-refractivity contribution in [2.24, 2.45) is 19.2 Å². The highest BCUT2D eigenvalue weighted by molar-refractivity contribution is 6.04. The fourth-order valence-corrected chi connectivity index (χ4v) is 3.48. The van der Waals surface area contributed by atoms with E-state index in [1.165, 1.54) is 33.3 Å². The summed E-state index contributed by atoms with van der Waals surface area (Å²) in [5.74, 6) is 0.345. The highest BCUT2D eigenvalue weighted by Crippen LogP contribution is 2.39. The molecule has 10 heteroatoms. The van der Waals surface area contributed by atoms with Gasteiger partial charge in [0.2, 0.25) is 11.8 Å². The van der Waals surface area contributed by atoms with E-state index in [0.717, 1.165) is 9.13 Å². The van der Waals surface area contributed by atoms with Crippen LogP contribution in [0.15, 0.2) is 32.9 Å². The van der Waals surface area contributed by atoms with Gasteiger partial charge in [-0.1, -0.05) is 6.92 Å².